The maximum atomic E-state index is 11.6. The number of furan rings is 1. The number of nitrogens with zero attached hydrogens (tertiary/aromatic N) is 2. The summed E-state index contributed by atoms with van der Waals surface area (Å²) in [5, 5.41) is 9.84. The highest BCUT2D eigenvalue weighted by atomic mass is 16.3. The molecule has 1 saturated heterocycles. The SMILES string of the molecule is CNC(=O)CN1CCC(NC(=NCCc2ccco2)NC(C)c2ccccc2)CC1. The Labute approximate surface area is 178 Å². The van der Waals surface area contributed by atoms with Crippen molar-refractivity contribution >= 4 is 11.9 Å². The first-order valence-corrected chi connectivity index (χ1v) is 10.7. The lowest BCUT2D eigenvalue weighted by Gasteiger charge is -2.33. The molecule has 3 rings (SSSR count). The number of nitrogens with one attached hydrogen (secondary N) is 3. The van der Waals surface area contributed by atoms with Crippen LogP contribution < -0.4 is 16.0 Å². The second kappa shape index (κ2) is 11.4. The van der Waals surface area contributed by atoms with E-state index >= 15 is 0 Å². The minimum atomic E-state index is 0.0694. The molecule has 30 heavy (non-hydrogen) atoms. The number of hydrogen-bond acceptors (Lipinski definition) is 4. The topological polar surface area (TPSA) is 81.9 Å². The number of benzene rings is 1. The van der Waals surface area contributed by atoms with Crippen molar-refractivity contribution in [2.24, 2.45) is 4.99 Å². The molecule has 0 spiro atoms. The molecule has 1 aliphatic rings. The van der Waals surface area contributed by atoms with Gasteiger partial charge < -0.3 is 20.4 Å². The number of piperidine rings is 1. The second-order valence-corrected chi connectivity index (χ2v) is 7.70. The van der Waals surface area contributed by atoms with E-state index in [4.69, 9.17) is 9.41 Å². The first-order chi connectivity index (χ1) is 14.6. The molecule has 162 valence electrons. The van der Waals surface area contributed by atoms with Crippen LogP contribution >= 0.6 is 0 Å². The van der Waals surface area contributed by atoms with Crippen molar-refractivity contribution in [2.45, 2.75) is 38.3 Å². The Morgan fingerprint density at radius 1 is 1.20 bits per heavy atom. The van der Waals surface area contributed by atoms with Gasteiger partial charge in [-0.05, 0) is 37.5 Å². The average molecular weight is 412 g/mol. The molecule has 1 aromatic heterocycles. The van der Waals surface area contributed by atoms with Crippen LogP contribution in [0.2, 0.25) is 0 Å². The van der Waals surface area contributed by atoms with Crippen molar-refractivity contribution in [1.82, 2.24) is 20.9 Å². The minimum absolute atomic E-state index is 0.0694. The van der Waals surface area contributed by atoms with Gasteiger partial charge in [0.25, 0.3) is 0 Å². The zero-order chi connectivity index (χ0) is 21.2. The van der Waals surface area contributed by atoms with E-state index in [1.807, 2.05) is 18.2 Å². The van der Waals surface area contributed by atoms with Crippen LogP contribution in [0.15, 0.2) is 58.1 Å². The van der Waals surface area contributed by atoms with Crippen molar-refractivity contribution in [3.8, 4) is 0 Å². The third-order valence-electron chi connectivity index (χ3n) is 5.44. The molecule has 0 radical (unpaired) electrons. The lowest BCUT2D eigenvalue weighted by Crippen LogP contribution is -2.50. The van der Waals surface area contributed by atoms with Gasteiger partial charge in [-0.15, -0.1) is 0 Å². The van der Waals surface area contributed by atoms with Crippen LogP contribution in [0.25, 0.3) is 0 Å². The fraction of sp³-hybridized carbons (Fsp3) is 0.478. The van der Waals surface area contributed by atoms with Crippen LogP contribution in [0.1, 0.15) is 37.1 Å². The average Bonchev–Trinajstić information content (AvgIpc) is 3.29. The van der Waals surface area contributed by atoms with E-state index in [9.17, 15) is 4.79 Å². The third-order valence-corrected chi connectivity index (χ3v) is 5.44. The van der Waals surface area contributed by atoms with E-state index in [-0.39, 0.29) is 11.9 Å². The Kier molecular flexibility index (Phi) is 8.32. The standard InChI is InChI=1S/C23H33N5O2/c1-18(19-7-4-3-5-8-19)26-23(25-13-10-21-9-6-16-30-21)27-20-11-14-28(15-12-20)17-22(29)24-2/h3-9,16,18,20H,10-15,17H2,1-2H3,(H,24,29)(H2,25,26,27). The maximum absolute atomic E-state index is 11.6. The van der Waals surface area contributed by atoms with Crippen LogP contribution in [-0.4, -0.2) is 56.0 Å². The molecule has 1 aromatic carbocycles. The van der Waals surface area contributed by atoms with Crippen molar-refractivity contribution in [2.75, 3.05) is 33.2 Å². The van der Waals surface area contributed by atoms with Crippen LogP contribution in [0.4, 0.5) is 0 Å². The number of amides is 1. The van der Waals surface area contributed by atoms with E-state index in [1.54, 1.807) is 13.3 Å². The molecule has 1 unspecified atom stereocenters. The normalized spacial score (nSPS) is 16.8. The molecule has 0 bridgehead atoms. The number of guanidine groups is 1. The summed E-state index contributed by atoms with van der Waals surface area (Å²) in [4.78, 5) is 18.6. The van der Waals surface area contributed by atoms with Gasteiger partial charge >= 0.3 is 0 Å². The van der Waals surface area contributed by atoms with Gasteiger partial charge in [0, 0.05) is 39.1 Å². The number of likely N-dealkylation sites (tertiary alicyclic amines) is 1. The zero-order valence-corrected chi connectivity index (χ0v) is 17.9. The summed E-state index contributed by atoms with van der Waals surface area (Å²) in [7, 11) is 1.68. The smallest absolute Gasteiger partial charge is 0.233 e. The molecule has 7 nitrogen and oxygen atoms in total. The highest BCUT2D eigenvalue weighted by Crippen LogP contribution is 2.13. The molecule has 2 aromatic rings. The fourth-order valence-corrected chi connectivity index (χ4v) is 3.61. The van der Waals surface area contributed by atoms with Crippen LogP contribution in [-0.2, 0) is 11.2 Å². The Morgan fingerprint density at radius 3 is 2.63 bits per heavy atom. The van der Waals surface area contributed by atoms with Gasteiger partial charge in [-0.2, -0.15) is 0 Å². The first-order valence-electron chi connectivity index (χ1n) is 10.7. The fourth-order valence-electron chi connectivity index (χ4n) is 3.61. The van der Waals surface area contributed by atoms with Gasteiger partial charge in [-0.3, -0.25) is 14.7 Å². The quantitative estimate of drug-likeness (QED) is 0.459. The van der Waals surface area contributed by atoms with Crippen molar-refractivity contribution < 1.29 is 9.21 Å². The molecule has 0 aliphatic carbocycles. The molecule has 3 N–H and O–H groups in total. The summed E-state index contributed by atoms with van der Waals surface area (Å²) in [5.74, 6) is 1.83. The van der Waals surface area contributed by atoms with Crippen molar-refractivity contribution in [3.05, 3.63) is 60.1 Å². The molecule has 1 aliphatic heterocycles. The number of aliphatic imine (C=N–C) groups is 1. The van der Waals surface area contributed by atoms with Gasteiger partial charge in [0.1, 0.15) is 5.76 Å². The Hall–Kier alpha value is -2.80. The maximum Gasteiger partial charge on any atom is 0.233 e. The summed E-state index contributed by atoms with van der Waals surface area (Å²) < 4.78 is 5.42. The molecule has 7 heteroatoms. The van der Waals surface area contributed by atoms with Gasteiger partial charge in [-0.1, -0.05) is 30.3 Å². The summed E-state index contributed by atoms with van der Waals surface area (Å²) >= 11 is 0. The predicted octanol–water partition coefficient (Wildman–Crippen LogP) is 2.33. The van der Waals surface area contributed by atoms with Gasteiger partial charge in [0.05, 0.1) is 18.8 Å². The summed E-state index contributed by atoms with van der Waals surface area (Å²) in [6, 6.07) is 14.7. The van der Waals surface area contributed by atoms with Gasteiger partial charge in [0.2, 0.25) is 5.91 Å². The van der Waals surface area contributed by atoms with Gasteiger partial charge in [-0.25, -0.2) is 0 Å². The predicted molar refractivity (Wildman–Crippen MR) is 119 cm³/mol. The van der Waals surface area contributed by atoms with E-state index in [0.717, 1.165) is 44.1 Å². The highest BCUT2D eigenvalue weighted by Gasteiger charge is 2.22. The lowest BCUT2D eigenvalue weighted by atomic mass is 10.1. The largest absolute Gasteiger partial charge is 0.469 e. The monoisotopic (exact) mass is 411 g/mol. The molecule has 1 atom stereocenters. The first kappa shape index (κ1) is 21.9. The Morgan fingerprint density at radius 2 is 1.97 bits per heavy atom. The molecule has 0 saturated carbocycles. The number of likely N-dealkylation sites (N-methyl/N-ethyl adjacent to an activating group) is 1. The van der Waals surface area contributed by atoms with E-state index in [0.29, 0.717) is 19.1 Å². The molecular formula is C23H33N5O2. The number of hydrogen-bond donors (Lipinski definition) is 3. The van der Waals surface area contributed by atoms with E-state index in [1.165, 1.54) is 5.56 Å². The molecule has 1 fully saturated rings. The van der Waals surface area contributed by atoms with Crippen LogP contribution in [0.3, 0.4) is 0 Å². The minimum Gasteiger partial charge on any atom is -0.469 e. The Bertz CT molecular complexity index is 783. The third kappa shape index (κ3) is 6.91. The lowest BCUT2D eigenvalue weighted by molar-refractivity contribution is -0.122. The number of rotatable bonds is 8. The molecular weight excluding hydrogens is 378 g/mol. The zero-order valence-electron chi connectivity index (χ0n) is 17.9. The second-order valence-electron chi connectivity index (χ2n) is 7.70. The van der Waals surface area contributed by atoms with E-state index in [2.05, 4.69) is 52.0 Å². The number of carbonyl (C=O) groups excluding carboxylic acids is 1. The Balaban J connectivity index is 1.57. The van der Waals surface area contributed by atoms with E-state index < -0.39 is 0 Å². The number of carbonyl (C=O) groups is 1. The molecule has 2 heterocycles. The van der Waals surface area contributed by atoms with Crippen molar-refractivity contribution in [1.29, 1.82) is 0 Å². The highest BCUT2D eigenvalue weighted by molar-refractivity contribution is 5.80. The van der Waals surface area contributed by atoms with Gasteiger partial charge in [0.15, 0.2) is 5.96 Å². The van der Waals surface area contributed by atoms with Crippen molar-refractivity contribution in [3.63, 3.8) is 0 Å². The van der Waals surface area contributed by atoms with Crippen LogP contribution in [0.5, 0.6) is 0 Å². The summed E-state index contributed by atoms with van der Waals surface area (Å²) in [6.45, 7) is 5.07. The molecule has 1 amide bonds. The summed E-state index contributed by atoms with van der Waals surface area (Å²) in [5.41, 5.74) is 1.22. The summed E-state index contributed by atoms with van der Waals surface area (Å²) in [6.07, 6.45) is 4.43. The van der Waals surface area contributed by atoms with Crippen LogP contribution in [0, 0.1) is 0 Å².